The van der Waals surface area contributed by atoms with Gasteiger partial charge in [0.2, 0.25) is 5.91 Å². The van der Waals surface area contributed by atoms with Gasteiger partial charge in [0.15, 0.2) is 0 Å². The first-order chi connectivity index (χ1) is 8.65. The number of nitrogens with zero attached hydrogens (tertiary/aromatic N) is 1. The molecule has 1 amide bonds. The van der Waals surface area contributed by atoms with E-state index in [1.807, 2.05) is 6.07 Å². The Balaban J connectivity index is 2.02. The summed E-state index contributed by atoms with van der Waals surface area (Å²) < 4.78 is 13.6. The lowest BCUT2D eigenvalue weighted by Gasteiger charge is -2.36. The van der Waals surface area contributed by atoms with Gasteiger partial charge < -0.3 is 10.2 Å². The topological polar surface area (TPSA) is 32.3 Å². The second-order valence-corrected chi connectivity index (χ2v) is 5.23. The zero-order valence-electron chi connectivity index (χ0n) is 10.5. The minimum atomic E-state index is -0.262. The Morgan fingerprint density at radius 1 is 1.33 bits per heavy atom. The fourth-order valence-corrected chi connectivity index (χ4v) is 2.98. The van der Waals surface area contributed by atoms with Crippen molar-refractivity contribution in [2.24, 2.45) is 0 Å². The second kappa shape index (κ2) is 4.26. The summed E-state index contributed by atoms with van der Waals surface area (Å²) in [7, 11) is 0. The number of carbonyl (C=O) groups is 1. The molecule has 18 heavy (non-hydrogen) atoms. The number of benzene rings is 1. The molecule has 1 heterocycles. The highest BCUT2D eigenvalue weighted by molar-refractivity contribution is 6.01. The van der Waals surface area contributed by atoms with Crippen LogP contribution in [0.2, 0.25) is 0 Å². The molecule has 0 aromatic heterocycles. The Hall–Kier alpha value is -1.58. The quantitative estimate of drug-likeness (QED) is 0.828. The molecule has 1 N–H and O–H groups in total. The zero-order valence-corrected chi connectivity index (χ0v) is 10.5. The lowest BCUT2D eigenvalue weighted by molar-refractivity contribution is -0.115. The van der Waals surface area contributed by atoms with Crippen molar-refractivity contribution in [3.05, 3.63) is 23.5 Å². The molecule has 2 aliphatic rings. The monoisotopic (exact) mass is 248 g/mol. The SMILES string of the molecule is Cc1cc2c(cc1F)NC(=O)CN2C1CCCC1. The van der Waals surface area contributed by atoms with Gasteiger partial charge in [-0.3, -0.25) is 4.79 Å². The van der Waals surface area contributed by atoms with E-state index in [1.165, 1.54) is 18.9 Å². The van der Waals surface area contributed by atoms with E-state index >= 15 is 0 Å². The number of anilines is 2. The standard InChI is InChI=1S/C14H17FN2O/c1-9-6-13-12(7-11(9)15)16-14(18)8-17(13)10-4-2-3-5-10/h6-7,10H,2-5,8H2,1H3,(H,16,18). The average molecular weight is 248 g/mol. The van der Waals surface area contributed by atoms with Crippen LogP contribution in [0.3, 0.4) is 0 Å². The van der Waals surface area contributed by atoms with Crippen LogP contribution in [0.4, 0.5) is 15.8 Å². The van der Waals surface area contributed by atoms with Crippen LogP contribution in [0.25, 0.3) is 0 Å². The van der Waals surface area contributed by atoms with Crippen LogP contribution in [0, 0.1) is 12.7 Å². The number of nitrogens with one attached hydrogen (secondary N) is 1. The molecule has 0 unspecified atom stereocenters. The van der Waals surface area contributed by atoms with Crippen molar-refractivity contribution >= 4 is 17.3 Å². The van der Waals surface area contributed by atoms with Crippen molar-refractivity contribution in [3.8, 4) is 0 Å². The third-order valence-corrected chi connectivity index (χ3v) is 3.94. The molecule has 1 aromatic rings. The van der Waals surface area contributed by atoms with Gasteiger partial charge in [-0.1, -0.05) is 12.8 Å². The van der Waals surface area contributed by atoms with Crippen molar-refractivity contribution in [3.63, 3.8) is 0 Å². The zero-order chi connectivity index (χ0) is 12.7. The maximum atomic E-state index is 13.6. The van der Waals surface area contributed by atoms with Crippen LogP contribution in [0.15, 0.2) is 12.1 Å². The molecule has 0 atom stereocenters. The van der Waals surface area contributed by atoms with Crippen LogP contribution in [-0.2, 0) is 4.79 Å². The van der Waals surface area contributed by atoms with Gasteiger partial charge >= 0.3 is 0 Å². The van der Waals surface area contributed by atoms with Gasteiger partial charge in [0.1, 0.15) is 5.82 Å². The predicted octanol–water partition coefficient (Wildman–Crippen LogP) is 2.84. The molecule has 1 aliphatic carbocycles. The Labute approximate surface area is 106 Å². The average Bonchev–Trinajstić information content (AvgIpc) is 2.84. The minimum absolute atomic E-state index is 0.0438. The van der Waals surface area contributed by atoms with E-state index in [-0.39, 0.29) is 11.7 Å². The second-order valence-electron chi connectivity index (χ2n) is 5.23. The Morgan fingerprint density at radius 3 is 2.78 bits per heavy atom. The molecule has 4 heteroatoms. The van der Waals surface area contributed by atoms with Gasteiger partial charge in [-0.2, -0.15) is 0 Å². The minimum Gasteiger partial charge on any atom is -0.358 e. The summed E-state index contributed by atoms with van der Waals surface area (Å²) in [5.74, 6) is -0.306. The third kappa shape index (κ3) is 1.85. The number of rotatable bonds is 1. The first kappa shape index (κ1) is 11.5. The summed E-state index contributed by atoms with van der Waals surface area (Å²) in [5.41, 5.74) is 2.22. The van der Waals surface area contributed by atoms with Crippen molar-refractivity contribution in [1.82, 2.24) is 0 Å². The summed E-state index contributed by atoms with van der Waals surface area (Å²) in [6.07, 6.45) is 4.70. The molecule has 3 rings (SSSR count). The first-order valence-corrected chi connectivity index (χ1v) is 6.52. The van der Waals surface area contributed by atoms with Crippen LogP contribution < -0.4 is 10.2 Å². The molecule has 1 fully saturated rings. The fraction of sp³-hybridized carbons (Fsp3) is 0.500. The first-order valence-electron chi connectivity index (χ1n) is 6.52. The predicted molar refractivity (Wildman–Crippen MR) is 69.4 cm³/mol. The number of fused-ring (bicyclic) bond motifs is 1. The maximum absolute atomic E-state index is 13.6. The number of amides is 1. The molecular weight excluding hydrogens is 231 g/mol. The Kier molecular flexibility index (Phi) is 2.73. The van der Waals surface area contributed by atoms with Crippen LogP contribution >= 0.6 is 0 Å². The molecule has 0 saturated heterocycles. The smallest absolute Gasteiger partial charge is 0.243 e. The third-order valence-electron chi connectivity index (χ3n) is 3.94. The van der Waals surface area contributed by atoms with E-state index < -0.39 is 0 Å². The number of halogens is 1. The van der Waals surface area contributed by atoms with Gasteiger partial charge in [0.25, 0.3) is 0 Å². The highest BCUT2D eigenvalue weighted by Gasteiger charge is 2.30. The molecule has 0 spiro atoms. The molecule has 1 saturated carbocycles. The molecule has 96 valence electrons. The van der Waals surface area contributed by atoms with Gasteiger partial charge in [0.05, 0.1) is 17.9 Å². The normalized spacial score (nSPS) is 19.9. The lowest BCUT2D eigenvalue weighted by atomic mass is 10.1. The summed E-state index contributed by atoms with van der Waals surface area (Å²) in [4.78, 5) is 13.9. The molecule has 1 aliphatic heterocycles. The molecule has 0 radical (unpaired) electrons. The molecule has 1 aromatic carbocycles. The van der Waals surface area contributed by atoms with Gasteiger partial charge in [-0.25, -0.2) is 4.39 Å². The number of carbonyl (C=O) groups excluding carboxylic acids is 1. The fourth-order valence-electron chi connectivity index (χ4n) is 2.98. The summed E-state index contributed by atoms with van der Waals surface area (Å²) in [6, 6.07) is 3.71. The Morgan fingerprint density at radius 2 is 2.06 bits per heavy atom. The molecule has 0 bridgehead atoms. The van der Waals surface area contributed by atoms with Gasteiger partial charge in [-0.05, 0) is 37.5 Å². The molecule has 3 nitrogen and oxygen atoms in total. The highest BCUT2D eigenvalue weighted by atomic mass is 19.1. The maximum Gasteiger partial charge on any atom is 0.243 e. The summed E-state index contributed by atoms with van der Waals surface area (Å²) >= 11 is 0. The Bertz CT molecular complexity index is 495. The number of hydrogen-bond acceptors (Lipinski definition) is 2. The van der Waals surface area contributed by atoms with E-state index in [0.717, 1.165) is 18.5 Å². The van der Waals surface area contributed by atoms with Crippen molar-refractivity contribution in [1.29, 1.82) is 0 Å². The number of aryl methyl sites for hydroxylation is 1. The van der Waals surface area contributed by atoms with Crippen molar-refractivity contribution in [2.45, 2.75) is 38.6 Å². The number of hydrogen-bond donors (Lipinski definition) is 1. The van der Waals surface area contributed by atoms with E-state index in [1.54, 1.807) is 6.92 Å². The lowest BCUT2D eigenvalue weighted by Crippen LogP contribution is -2.43. The van der Waals surface area contributed by atoms with Gasteiger partial charge in [-0.15, -0.1) is 0 Å². The van der Waals surface area contributed by atoms with Crippen LogP contribution in [0.1, 0.15) is 31.2 Å². The van der Waals surface area contributed by atoms with E-state index in [2.05, 4.69) is 10.2 Å². The van der Waals surface area contributed by atoms with Crippen LogP contribution in [-0.4, -0.2) is 18.5 Å². The summed E-state index contributed by atoms with van der Waals surface area (Å²) in [5, 5.41) is 2.76. The highest BCUT2D eigenvalue weighted by Crippen LogP contribution is 2.36. The van der Waals surface area contributed by atoms with Crippen LogP contribution in [0.5, 0.6) is 0 Å². The van der Waals surface area contributed by atoms with Crippen molar-refractivity contribution < 1.29 is 9.18 Å². The van der Waals surface area contributed by atoms with Gasteiger partial charge in [0, 0.05) is 6.04 Å². The van der Waals surface area contributed by atoms with E-state index in [9.17, 15) is 9.18 Å². The summed E-state index contributed by atoms with van der Waals surface area (Å²) in [6.45, 7) is 2.15. The molecular formula is C14H17FN2O. The van der Waals surface area contributed by atoms with E-state index in [0.29, 0.717) is 23.8 Å². The largest absolute Gasteiger partial charge is 0.358 e. The van der Waals surface area contributed by atoms with E-state index in [4.69, 9.17) is 0 Å². The van der Waals surface area contributed by atoms with Crippen molar-refractivity contribution in [2.75, 3.05) is 16.8 Å².